The van der Waals surface area contributed by atoms with E-state index in [2.05, 4.69) is 19.2 Å². The van der Waals surface area contributed by atoms with Gasteiger partial charge in [-0.25, -0.2) is 0 Å². The van der Waals surface area contributed by atoms with E-state index in [1.54, 1.807) is 24.3 Å². The van der Waals surface area contributed by atoms with Gasteiger partial charge in [0.15, 0.2) is 6.61 Å². The fraction of sp³-hybridized carbons (Fsp3) is 0.263. The Labute approximate surface area is 171 Å². The summed E-state index contributed by atoms with van der Waals surface area (Å²) in [4.78, 5) is 22.3. The number of carbonyl (C=O) groups excluding carboxylic acids is 2. The molecule has 1 N–H and O–H groups in total. The maximum atomic E-state index is 12.0. The molecule has 6 heteroatoms. The second-order valence-electron chi connectivity index (χ2n) is 5.75. The van der Waals surface area contributed by atoms with Gasteiger partial charge in [-0.05, 0) is 48.2 Å². The van der Waals surface area contributed by atoms with Crippen molar-refractivity contribution in [3.8, 4) is 11.5 Å². The quantitative estimate of drug-likeness (QED) is 0.592. The first-order chi connectivity index (χ1) is 11.5. The molecule has 128 valence electrons. The fourth-order valence-corrected chi connectivity index (χ4v) is 2.43. The molecule has 0 atom stereocenters. The summed E-state index contributed by atoms with van der Waals surface area (Å²) in [6.07, 6.45) is 0. The molecular weight excluding hydrogens is 329 g/mol. The van der Waals surface area contributed by atoms with Crippen molar-refractivity contribution in [2.45, 2.75) is 26.7 Å². The van der Waals surface area contributed by atoms with Crippen LogP contribution in [0.4, 0.5) is 5.69 Å². The van der Waals surface area contributed by atoms with Gasteiger partial charge in [0.25, 0.3) is 12.4 Å². The van der Waals surface area contributed by atoms with Crippen LogP contribution in [0.25, 0.3) is 0 Å². The molecule has 2 aromatic rings. The minimum absolute atomic E-state index is 0. The van der Waals surface area contributed by atoms with Crippen LogP contribution >= 0.6 is 0 Å². The Morgan fingerprint density at radius 2 is 1.96 bits per heavy atom. The van der Waals surface area contributed by atoms with E-state index < -0.39 is 0 Å². The van der Waals surface area contributed by atoms with Crippen LogP contribution in [0.2, 0.25) is 0 Å². The first kappa shape index (κ1) is 21.2. The van der Waals surface area contributed by atoms with Gasteiger partial charge < -0.3 is 16.2 Å². The molecule has 0 aromatic heterocycles. The Morgan fingerprint density at radius 3 is 2.60 bits per heavy atom. The van der Waals surface area contributed by atoms with Crippen LogP contribution < -0.4 is 44.3 Å². The third-order valence-electron chi connectivity index (χ3n) is 3.54. The molecule has 0 spiro atoms. The van der Waals surface area contributed by atoms with Crippen molar-refractivity contribution in [1.82, 2.24) is 0 Å². The molecule has 0 saturated heterocycles. The molecule has 0 aliphatic rings. The van der Waals surface area contributed by atoms with E-state index in [0.717, 1.165) is 5.56 Å². The van der Waals surface area contributed by atoms with Crippen LogP contribution in [-0.4, -0.2) is 19.0 Å². The molecule has 0 fully saturated rings. The molecule has 2 aromatic carbocycles. The predicted octanol–water partition coefficient (Wildman–Crippen LogP) is 0.788. The van der Waals surface area contributed by atoms with E-state index in [1.165, 1.54) is 5.56 Å². The van der Waals surface area contributed by atoms with Gasteiger partial charge >= 0.3 is 29.6 Å². The monoisotopic (exact) mass is 351 g/mol. The van der Waals surface area contributed by atoms with Crippen molar-refractivity contribution in [2.75, 3.05) is 11.9 Å². The topological polar surface area (TPSA) is 64.6 Å². The van der Waals surface area contributed by atoms with Crippen molar-refractivity contribution in [3.63, 3.8) is 0 Å². The van der Waals surface area contributed by atoms with Gasteiger partial charge in [-0.15, -0.1) is 0 Å². The third kappa shape index (κ3) is 6.53. The SMILES string of the molecule is Cc1cc(OCC(=O)Nc2cccc(OC=O)c2)ccc1C(C)C.[H-].[Na+]. The average Bonchev–Trinajstić information content (AvgIpc) is 2.53. The Kier molecular flexibility index (Phi) is 8.69. The van der Waals surface area contributed by atoms with E-state index in [4.69, 9.17) is 9.47 Å². The number of rotatable bonds is 7. The van der Waals surface area contributed by atoms with Gasteiger partial charge in [-0.3, -0.25) is 9.59 Å². The first-order valence-electron chi connectivity index (χ1n) is 7.73. The first-order valence-corrected chi connectivity index (χ1v) is 7.73. The van der Waals surface area contributed by atoms with Crippen molar-refractivity contribution < 1.29 is 50.0 Å². The maximum absolute atomic E-state index is 12.0. The number of ether oxygens (including phenoxy) is 2. The zero-order chi connectivity index (χ0) is 17.5. The standard InChI is InChI=1S/C19H21NO4.Na.H/c1-13(2)18-8-7-17(9-14(18)3)23-11-19(22)20-15-5-4-6-16(10-15)24-12-21;;/h4-10,12-13H,11H2,1-3H3,(H,20,22);;/q;+1;-1. The Hall–Kier alpha value is -1.82. The zero-order valence-corrected chi connectivity index (χ0v) is 17.0. The van der Waals surface area contributed by atoms with E-state index in [0.29, 0.717) is 29.6 Å². The average molecular weight is 351 g/mol. The van der Waals surface area contributed by atoms with Gasteiger partial charge in [-0.1, -0.05) is 26.0 Å². The van der Waals surface area contributed by atoms with Crippen LogP contribution in [0.5, 0.6) is 11.5 Å². The molecule has 0 aliphatic carbocycles. The second kappa shape index (κ2) is 10.2. The largest absolute Gasteiger partial charge is 1.00 e. The predicted molar refractivity (Wildman–Crippen MR) is 93.6 cm³/mol. The van der Waals surface area contributed by atoms with Crippen molar-refractivity contribution in [3.05, 3.63) is 53.6 Å². The van der Waals surface area contributed by atoms with Crippen molar-refractivity contribution >= 4 is 18.1 Å². The normalized spacial score (nSPS) is 9.92. The van der Waals surface area contributed by atoms with E-state index in [9.17, 15) is 9.59 Å². The van der Waals surface area contributed by atoms with Gasteiger partial charge in [0, 0.05) is 11.8 Å². The summed E-state index contributed by atoms with van der Waals surface area (Å²) in [5, 5.41) is 2.70. The molecule has 1 amide bonds. The van der Waals surface area contributed by atoms with Crippen molar-refractivity contribution in [1.29, 1.82) is 0 Å². The number of hydrogen-bond donors (Lipinski definition) is 1. The van der Waals surface area contributed by atoms with Gasteiger partial charge in [0.05, 0.1) is 0 Å². The number of nitrogens with one attached hydrogen (secondary N) is 1. The number of amides is 1. The molecular formula is C19H22NNaO4. The van der Waals surface area contributed by atoms with Crippen LogP contribution in [0, 0.1) is 6.92 Å². The number of benzene rings is 2. The number of carbonyl (C=O) groups is 2. The van der Waals surface area contributed by atoms with Crippen molar-refractivity contribution in [2.24, 2.45) is 0 Å². The second-order valence-corrected chi connectivity index (χ2v) is 5.75. The minimum Gasteiger partial charge on any atom is -1.00 e. The van der Waals surface area contributed by atoms with Crippen LogP contribution in [0.15, 0.2) is 42.5 Å². The van der Waals surface area contributed by atoms with E-state index in [-0.39, 0.29) is 43.5 Å². The molecule has 0 bridgehead atoms. The summed E-state index contributed by atoms with van der Waals surface area (Å²) in [6.45, 7) is 6.55. The molecule has 0 aliphatic heterocycles. The Bertz CT molecular complexity index is 737. The van der Waals surface area contributed by atoms with Gasteiger partial charge in [-0.2, -0.15) is 0 Å². The molecule has 25 heavy (non-hydrogen) atoms. The number of anilines is 1. The fourth-order valence-electron chi connectivity index (χ4n) is 2.43. The Morgan fingerprint density at radius 1 is 1.20 bits per heavy atom. The molecule has 0 saturated carbocycles. The van der Waals surface area contributed by atoms with E-state index >= 15 is 0 Å². The third-order valence-corrected chi connectivity index (χ3v) is 3.54. The van der Waals surface area contributed by atoms with Crippen LogP contribution in [0.1, 0.15) is 32.3 Å². The molecule has 2 rings (SSSR count). The summed E-state index contributed by atoms with van der Waals surface area (Å²) in [5.74, 6) is 1.18. The number of hydrogen-bond acceptors (Lipinski definition) is 4. The summed E-state index contributed by atoms with van der Waals surface area (Å²) in [5.41, 5.74) is 2.94. The molecule has 0 radical (unpaired) electrons. The van der Waals surface area contributed by atoms with E-state index in [1.807, 2.05) is 25.1 Å². The van der Waals surface area contributed by atoms with Crippen LogP contribution in [-0.2, 0) is 9.59 Å². The molecule has 0 heterocycles. The minimum atomic E-state index is -0.288. The molecule has 5 nitrogen and oxygen atoms in total. The summed E-state index contributed by atoms with van der Waals surface area (Å²) >= 11 is 0. The zero-order valence-electron chi connectivity index (χ0n) is 16.0. The summed E-state index contributed by atoms with van der Waals surface area (Å²) < 4.78 is 10.3. The molecule has 0 unspecified atom stereocenters. The Balaban J connectivity index is 0.00000312. The summed E-state index contributed by atoms with van der Waals surface area (Å²) in [6, 6.07) is 12.4. The number of aryl methyl sites for hydroxylation is 1. The van der Waals surface area contributed by atoms with Gasteiger partial charge in [0.1, 0.15) is 11.5 Å². The van der Waals surface area contributed by atoms with Gasteiger partial charge in [0.2, 0.25) is 0 Å². The van der Waals surface area contributed by atoms with Crippen LogP contribution in [0.3, 0.4) is 0 Å². The summed E-state index contributed by atoms with van der Waals surface area (Å²) in [7, 11) is 0. The maximum Gasteiger partial charge on any atom is 1.00 e. The smallest absolute Gasteiger partial charge is 1.00 e.